The van der Waals surface area contributed by atoms with Crippen molar-refractivity contribution in [2.24, 2.45) is 0 Å². The number of aryl methyl sites for hydroxylation is 2. The molecule has 0 bridgehead atoms. The molecule has 1 amide bonds. The largest absolute Gasteiger partial charge is 0.395 e. The topological polar surface area (TPSA) is 43.8 Å². The molecule has 1 saturated heterocycles. The number of carbonyl (C=O) groups excluding carboxylic acids is 1. The van der Waals surface area contributed by atoms with Crippen molar-refractivity contribution in [3.05, 3.63) is 34.9 Å². The molecule has 1 aromatic carbocycles. The van der Waals surface area contributed by atoms with Crippen LogP contribution in [0, 0.1) is 0 Å². The lowest BCUT2D eigenvalue weighted by atomic mass is 10.0. The Kier molecular flexibility index (Phi) is 4.56. The van der Waals surface area contributed by atoms with E-state index in [1.807, 2.05) is 4.90 Å². The van der Waals surface area contributed by atoms with Crippen LogP contribution in [0.2, 0.25) is 0 Å². The molecule has 1 aliphatic heterocycles. The van der Waals surface area contributed by atoms with Gasteiger partial charge in [0.25, 0.3) is 0 Å². The van der Waals surface area contributed by atoms with E-state index in [1.54, 1.807) is 0 Å². The fraction of sp³-hybridized carbons (Fsp3) is 0.588. The van der Waals surface area contributed by atoms with E-state index in [1.165, 1.54) is 24.0 Å². The van der Waals surface area contributed by atoms with Gasteiger partial charge in [0.2, 0.25) is 5.91 Å². The number of fused-ring (bicyclic) bond motifs is 1. The van der Waals surface area contributed by atoms with Gasteiger partial charge >= 0.3 is 0 Å². The van der Waals surface area contributed by atoms with Crippen molar-refractivity contribution in [1.29, 1.82) is 0 Å². The average molecular weight is 288 g/mol. The highest BCUT2D eigenvalue weighted by Gasteiger charge is 2.21. The van der Waals surface area contributed by atoms with Crippen LogP contribution in [0.3, 0.4) is 0 Å². The summed E-state index contributed by atoms with van der Waals surface area (Å²) >= 11 is 0. The third-order valence-corrected chi connectivity index (χ3v) is 4.66. The molecule has 4 heteroatoms. The van der Waals surface area contributed by atoms with Gasteiger partial charge in [-0.05, 0) is 36.0 Å². The molecule has 0 unspecified atom stereocenters. The number of amides is 1. The van der Waals surface area contributed by atoms with Crippen molar-refractivity contribution < 1.29 is 9.90 Å². The number of piperazine rings is 1. The van der Waals surface area contributed by atoms with Crippen molar-refractivity contribution in [2.75, 3.05) is 39.3 Å². The van der Waals surface area contributed by atoms with Crippen LogP contribution in [0.1, 0.15) is 23.1 Å². The Bertz CT molecular complexity index is 508. The minimum atomic E-state index is 0.197. The SMILES string of the molecule is O=C(Cc1ccc2c(c1)CCC2)N1CCN(CCO)CC1. The second kappa shape index (κ2) is 6.58. The fourth-order valence-corrected chi connectivity index (χ4v) is 3.38. The van der Waals surface area contributed by atoms with Gasteiger partial charge in [-0.2, -0.15) is 0 Å². The summed E-state index contributed by atoms with van der Waals surface area (Å²) < 4.78 is 0. The lowest BCUT2D eigenvalue weighted by Gasteiger charge is -2.34. The third kappa shape index (κ3) is 3.44. The summed E-state index contributed by atoms with van der Waals surface area (Å²) in [6, 6.07) is 6.54. The zero-order valence-corrected chi connectivity index (χ0v) is 12.6. The zero-order valence-electron chi connectivity index (χ0n) is 12.6. The van der Waals surface area contributed by atoms with Crippen LogP contribution in [-0.2, 0) is 24.1 Å². The van der Waals surface area contributed by atoms with Crippen LogP contribution in [-0.4, -0.2) is 60.1 Å². The van der Waals surface area contributed by atoms with Crippen molar-refractivity contribution >= 4 is 5.91 Å². The van der Waals surface area contributed by atoms with Crippen molar-refractivity contribution in [3.8, 4) is 0 Å². The Hall–Kier alpha value is -1.39. The molecular weight excluding hydrogens is 264 g/mol. The average Bonchev–Trinajstić information content (AvgIpc) is 2.96. The molecule has 4 nitrogen and oxygen atoms in total. The van der Waals surface area contributed by atoms with Gasteiger partial charge in [-0.25, -0.2) is 0 Å². The van der Waals surface area contributed by atoms with E-state index in [4.69, 9.17) is 5.11 Å². The number of hydrogen-bond donors (Lipinski definition) is 1. The molecule has 3 rings (SSSR count). The molecule has 1 aromatic rings. The Balaban J connectivity index is 1.55. The molecular formula is C17H24N2O2. The highest BCUT2D eigenvalue weighted by molar-refractivity contribution is 5.79. The minimum Gasteiger partial charge on any atom is -0.395 e. The van der Waals surface area contributed by atoms with Gasteiger partial charge in [-0.1, -0.05) is 18.2 Å². The van der Waals surface area contributed by atoms with E-state index in [0.717, 1.165) is 38.2 Å². The monoisotopic (exact) mass is 288 g/mol. The van der Waals surface area contributed by atoms with Crippen molar-refractivity contribution in [1.82, 2.24) is 9.80 Å². The van der Waals surface area contributed by atoms with Gasteiger partial charge < -0.3 is 10.0 Å². The maximum Gasteiger partial charge on any atom is 0.227 e. The van der Waals surface area contributed by atoms with E-state index < -0.39 is 0 Å². The molecule has 0 spiro atoms. The summed E-state index contributed by atoms with van der Waals surface area (Å²) in [6.07, 6.45) is 4.13. The van der Waals surface area contributed by atoms with E-state index in [9.17, 15) is 4.79 Å². The number of β-amino-alcohol motifs (C(OH)–C–C–N with tert-alkyl or cyclic N) is 1. The lowest BCUT2D eigenvalue weighted by Crippen LogP contribution is -2.49. The predicted octanol–water partition coefficient (Wildman–Crippen LogP) is 0.854. The van der Waals surface area contributed by atoms with Gasteiger partial charge in [0.05, 0.1) is 13.0 Å². The summed E-state index contributed by atoms with van der Waals surface area (Å²) in [4.78, 5) is 16.6. The first kappa shape index (κ1) is 14.5. The highest BCUT2D eigenvalue weighted by Crippen LogP contribution is 2.23. The zero-order chi connectivity index (χ0) is 14.7. The van der Waals surface area contributed by atoms with Crippen LogP contribution in [0.4, 0.5) is 0 Å². The first-order valence-corrected chi connectivity index (χ1v) is 7.98. The number of hydrogen-bond acceptors (Lipinski definition) is 3. The highest BCUT2D eigenvalue weighted by atomic mass is 16.3. The Morgan fingerprint density at radius 2 is 1.86 bits per heavy atom. The molecule has 1 N–H and O–H groups in total. The number of aliphatic hydroxyl groups excluding tert-OH is 1. The number of aliphatic hydroxyl groups is 1. The molecule has 1 aliphatic carbocycles. The van der Waals surface area contributed by atoms with Crippen LogP contribution >= 0.6 is 0 Å². The maximum atomic E-state index is 12.4. The van der Waals surface area contributed by atoms with E-state index in [2.05, 4.69) is 23.1 Å². The van der Waals surface area contributed by atoms with Gasteiger partial charge in [0.15, 0.2) is 0 Å². The second-order valence-corrected chi connectivity index (χ2v) is 6.08. The molecule has 0 saturated carbocycles. The molecule has 114 valence electrons. The molecule has 1 fully saturated rings. The van der Waals surface area contributed by atoms with E-state index in [-0.39, 0.29) is 12.5 Å². The van der Waals surface area contributed by atoms with Crippen LogP contribution in [0.5, 0.6) is 0 Å². The summed E-state index contributed by atoms with van der Waals surface area (Å²) in [5.74, 6) is 0.233. The van der Waals surface area contributed by atoms with Crippen LogP contribution < -0.4 is 0 Å². The Morgan fingerprint density at radius 1 is 1.10 bits per heavy atom. The van der Waals surface area contributed by atoms with Crippen LogP contribution in [0.15, 0.2) is 18.2 Å². The predicted molar refractivity (Wildman–Crippen MR) is 82.3 cm³/mol. The quantitative estimate of drug-likeness (QED) is 0.893. The van der Waals surface area contributed by atoms with Crippen molar-refractivity contribution in [3.63, 3.8) is 0 Å². The first-order chi connectivity index (χ1) is 10.3. The summed E-state index contributed by atoms with van der Waals surface area (Å²) in [5.41, 5.74) is 4.05. The van der Waals surface area contributed by atoms with Gasteiger partial charge in [0, 0.05) is 32.7 Å². The van der Waals surface area contributed by atoms with Gasteiger partial charge in [-0.15, -0.1) is 0 Å². The van der Waals surface area contributed by atoms with E-state index in [0.29, 0.717) is 13.0 Å². The number of carbonyl (C=O) groups is 1. The lowest BCUT2D eigenvalue weighted by molar-refractivity contribution is -0.132. The normalized spacial score (nSPS) is 18.8. The minimum absolute atomic E-state index is 0.197. The van der Waals surface area contributed by atoms with Gasteiger partial charge in [-0.3, -0.25) is 9.69 Å². The molecule has 0 radical (unpaired) electrons. The number of nitrogens with zero attached hydrogens (tertiary/aromatic N) is 2. The smallest absolute Gasteiger partial charge is 0.227 e. The fourth-order valence-electron chi connectivity index (χ4n) is 3.38. The van der Waals surface area contributed by atoms with E-state index >= 15 is 0 Å². The number of benzene rings is 1. The van der Waals surface area contributed by atoms with Gasteiger partial charge in [0.1, 0.15) is 0 Å². The first-order valence-electron chi connectivity index (χ1n) is 7.98. The van der Waals surface area contributed by atoms with Crippen molar-refractivity contribution in [2.45, 2.75) is 25.7 Å². The molecule has 0 atom stereocenters. The Morgan fingerprint density at radius 3 is 2.62 bits per heavy atom. The van der Waals surface area contributed by atoms with Crippen LogP contribution in [0.25, 0.3) is 0 Å². The molecule has 2 aliphatic rings. The molecule has 0 aromatic heterocycles. The molecule has 1 heterocycles. The third-order valence-electron chi connectivity index (χ3n) is 4.66. The standard InChI is InChI=1S/C17H24N2O2/c20-11-10-18-6-8-19(9-7-18)17(21)13-14-4-5-15-2-1-3-16(15)12-14/h4-5,12,20H,1-3,6-11,13H2. The summed E-state index contributed by atoms with van der Waals surface area (Å²) in [5, 5.41) is 8.94. The second-order valence-electron chi connectivity index (χ2n) is 6.08. The maximum absolute atomic E-state index is 12.4. The molecule has 21 heavy (non-hydrogen) atoms. The Labute approximate surface area is 126 Å². The summed E-state index contributed by atoms with van der Waals surface area (Å²) in [7, 11) is 0. The number of rotatable bonds is 4. The summed E-state index contributed by atoms with van der Waals surface area (Å²) in [6.45, 7) is 4.22.